The van der Waals surface area contributed by atoms with Gasteiger partial charge in [0.05, 0.1) is 6.54 Å². The monoisotopic (exact) mass is 290 g/mol. The number of carbonyl (C=O) groups is 1. The maximum absolute atomic E-state index is 13.0. The lowest BCUT2D eigenvalue weighted by Crippen LogP contribution is -2.22. The van der Waals surface area contributed by atoms with E-state index >= 15 is 0 Å². The Labute approximate surface area is 122 Å². The summed E-state index contributed by atoms with van der Waals surface area (Å²) in [6.45, 7) is 3.91. The predicted molar refractivity (Wildman–Crippen MR) is 79.4 cm³/mol. The van der Waals surface area contributed by atoms with Crippen molar-refractivity contribution >= 4 is 17.3 Å². The maximum atomic E-state index is 13.0. The maximum Gasteiger partial charge on any atom is 0.243 e. The first kappa shape index (κ1) is 15.0. The molecule has 0 saturated heterocycles. The molecule has 21 heavy (non-hydrogen) atoms. The first-order valence-electron chi connectivity index (χ1n) is 6.51. The van der Waals surface area contributed by atoms with Crippen molar-refractivity contribution in [3.05, 3.63) is 59.2 Å². The number of carbonyl (C=O) groups excluding carboxylic acids is 1. The van der Waals surface area contributed by atoms with Crippen molar-refractivity contribution in [1.29, 1.82) is 0 Å². The molecule has 2 N–H and O–H groups in total. The van der Waals surface area contributed by atoms with Gasteiger partial charge in [0.1, 0.15) is 11.6 Å². The molecule has 0 atom stereocenters. The van der Waals surface area contributed by atoms with Gasteiger partial charge in [-0.05, 0) is 43.2 Å². The summed E-state index contributed by atoms with van der Waals surface area (Å²) in [5, 5.41) is 5.45. The molecule has 1 amide bonds. The molecule has 110 valence electrons. The summed E-state index contributed by atoms with van der Waals surface area (Å²) in [4.78, 5) is 11.8. The van der Waals surface area contributed by atoms with E-state index in [9.17, 15) is 13.6 Å². The van der Waals surface area contributed by atoms with Crippen LogP contribution in [0.1, 0.15) is 11.1 Å². The Kier molecular flexibility index (Phi) is 4.52. The summed E-state index contributed by atoms with van der Waals surface area (Å²) in [5.41, 5.74) is 3.05. The summed E-state index contributed by atoms with van der Waals surface area (Å²) in [6.07, 6.45) is 0. The van der Waals surface area contributed by atoms with Crippen molar-refractivity contribution in [3.63, 3.8) is 0 Å². The Morgan fingerprint density at radius 3 is 2.38 bits per heavy atom. The van der Waals surface area contributed by atoms with Gasteiger partial charge in [-0.25, -0.2) is 8.78 Å². The molecule has 0 spiro atoms. The van der Waals surface area contributed by atoms with Crippen molar-refractivity contribution < 1.29 is 13.6 Å². The van der Waals surface area contributed by atoms with E-state index < -0.39 is 11.6 Å². The second-order valence-electron chi connectivity index (χ2n) is 4.88. The van der Waals surface area contributed by atoms with Crippen molar-refractivity contribution in [2.24, 2.45) is 0 Å². The highest BCUT2D eigenvalue weighted by Gasteiger charge is 2.06. The molecule has 0 aliphatic rings. The fourth-order valence-corrected chi connectivity index (χ4v) is 1.93. The van der Waals surface area contributed by atoms with E-state index in [0.717, 1.165) is 35.0 Å². The second-order valence-corrected chi connectivity index (χ2v) is 4.88. The average Bonchev–Trinajstić information content (AvgIpc) is 2.38. The number of hydrogen-bond acceptors (Lipinski definition) is 2. The van der Waals surface area contributed by atoms with E-state index in [0.29, 0.717) is 0 Å². The van der Waals surface area contributed by atoms with Gasteiger partial charge in [-0.1, -0.05) is 12.1 Å². The molecule has 0 unspecified atom stereocenters. The van der Waals surface area contributed by atoms with Gasteiger partial charge in [-0.2, -0.15) is 0 Å². The molecule has 2 aromatic rings. The quantitative estimate of drug-likeness (QED) is 0.902. The smallest absolute Gasteiger partial charge is 0.243 e. The van der Waals surface area contributed by atoms with Gasteiger partial charge in [0.2, 0.25) is 5.91 Å². The van der Waals surface area contributed by atoms with Gasteiger partial charge in [0.25, 0.3) is 0 Å². The Morgan fingerprint density at radius 2 is 1.71 bits per heavy atom. The third-order valence-corrected chi connectivity index (χ3v) is 2.98. The molecule has 0 bridgehead atoms. The summed E-state index contributed by atoms with van der Waals surface area (Å²) < 4.78 is 26.0. The molecule has 5 heteroatoms. The Hall–Kier alpha value is -2.43. The van der Waals surface area contributed by atoms with Gasteiger partial charge in [0, 0.05) is 17.4 Å². The fraction of sp³-hybridized carbons (Fsp3) is 0.188. The summed E-state index contributed by atoms with van der Waals surface area (Å²) in [5.74, 6) is -1.83. The van der Waals surface area contributed by atoms with E-state index in [1.54, 1.807) is 0 Å². The molecule has 0 fully saturated rings. The minimum atomic E-state index is -0.729. The fourth-order valence-electron chi connectivity index (χ4n) is 1.93. The van der Waals surface area contributed by atoms with Crippen LogP contribution in [0.2, 0.25) is 0 Å². The first-order chi connectivity index (χ1) is 9.94. The Bertz CT molecular complexity index is 651. The zero-order valence-corrected chi connectivity index (χ0v) is 11.8. The van der Waals surface area contributed by atoms with Crippen LogP contribution in [-0.2, 0) is 4.79 Å². The Morgan fingerprint density at radius 1 is 1.05 bits per heavy atom. The highest BCUT2D eigenvalue weighted by atomic mass is 19.1. The largest absolute Gasteiger partial charge is 0.376 e. The van der Waals surface area contributed by atoms with Crippen LogP contribution < -0.4 is 10.6 Å². The highest BCUT2D eigenvalue weighted by Crippen LogP contribution is 2.16. The van der Waals surface area contributed by atoms with Gasteiger partial charge in [0.15, 0.2) is 0 Å². The number of halogens is 2. The summed E-state index contributed by atoms with van der Waals surface area (Å²) >= 11 is 0. The van der Waals surface area contributed by atoms with Crippen molar-refractivity contribution in [1.82, 2.24) is 0 Å². The van der Waals surface area contributed by atoms with Gasteiger partial charge in [-0.3, -0.25) is 4.79 Å². The van der Waals surface area contributed by atoms with E-state index in [1.165, 1.54) is 0 Å². The van der Waals surface area contributed by atoms with Crippen LogP contribution in [0.15, 0.2) is 36.4 Å². The Balaban J connectivity index is 1.97. The molecule has 0 saturated carbocycles. The van der Waals surface area contributed by atoms with Crippen LogP contribution in [0.3, 0.4) is 0 Å². The van der Waals surface area contributed by atoms with E-state index in [2.05, 4.69) is 10.6 Å². The van der Waals surface area contributed by atoms with Crippen LogP contribution in [0, 0.1) is 25.5 Å². The SMILES string of the molecule is Cc1ccc(C)c(NCC(=O)Nc2cc(F)cc(F)c2)c1. The average molecular weight is 290 g/mol. The molecule has 0 aliphatic carbocycles. The molecule has 0 aromatic heterocycles. The third-order valence-electron chi connectivity index (χ3n) is 2.98. The molecular weight excluding hydrogens is 274 g/mol. The normalized spacial score (nSPS) is 10.3. The third kappa shape index (κ3) is 4.27. The zero-order chi connectivity index (χ0) is 15.4. The topological polar surface area (TPSA) is 41.1 Å². The molecule has 2 aromatic carbocycles. The number of benzene rings is 2. The lowest BCUT2D eigenvalue weighted by Gasteiger charge is -2.11. The molecule has 3 nitrogen and oxygen atoms in total. The minimum Gasteiger partial charge on any atom is -0.376 e. The summed E-state index contributed by atoms with van der Waals surface area (Å²) in [7, 11) is 0. The number of anilines is 2. The highest BCUT2D eigenvalue weighted by molar-refractivity contribution is 5.93. The number of rotatable bonds is 4. The molecule has 0 heterocycles. The van der Waals surface area contributed by atoms with Gasteiger partial charge in [-0.15, -0.1) is 0 Å². The number of amides is 1. The first-order valence-corrected chi connectivity index (χ1v) is 6.51. The molecule has 0 radical (unpaired) electrons. The van der Waals surface area contributed by atoms with Gasteiger partial charge < -0.3 is 10.6 Å². The zero-order valence-electron chi connectivity index (χ0n) is 11.8. The van der Waals surface area contributed by atoms with Crippen LogP contribution in [0.4, 0.5) is 20.2 Å². The van der Waals surface area contributed by atoms with Crippen molar-refractivity contribution in [2.45, 2.75) is 13.8 Å². The van der Waals surface area contributed by atoms with Crippen LogP contribution in [-0.4, -0.2) is 12.5 Å². The van der Waals surface area contributed by atoms with Crippen molar-refractivity contribution in [2.75, 3.05) is 17.2 Å². The summed E-state index contributed by atoms with van der Waals surface area (Å²) in [6, 6.07) is 8.76. The van der Waals surface area contributed by atoms with E-state index in [1.807, 2.05) is 32.0 Å². The lowest BCUT2D eigenvalue weighted by molar-refractivity contribution is -0.114. The number of hydrogen-bond donors (Lipinski definition) is 2. The van der Waals surface area contributed by atoms with Crippen LogP contribution in [0.25, 0.3) is 0 Å². The molecule has 2 rings (SSSR count). The second kappa shape index (κ2) is 6.35. The predicted octanol–water partition coefficient (Wildman–Crippen LogP) is 3.63. The van der Waals surface area contributed by atoms with Crippen LogP contribution in [0.5, 0.6) is 0 Å². The van der Waals surface area contributed by atoms with E-state index in [4.69, 9.17) is 0 Å². The molecular formula is C16H16F2N2O. The van der Waals surface area contributed by atoms with Gasteiger partial charge >= 0.3 is 0 Å². The van der Waals surface area contributed by atoms with Crippen molar-refractivity contribution in [3.8, 4) is 0 Å². The van der Waals surface area contributed by atoms with E-state index in [-0.39, 0.29) is 18.1 Å². The number of aryl methyl sites for hydroxylation is 2. The molecule has 0 aliphatic heterocycles. The standard InChI is InChI=1S/C16H16F2N2O/c1-10-3-4-11(2)15(5-10)19-9-16(21)20-14-7-12(17)6-13(18)8-14/h3-8,19H,9H2,1-2H3,(H,20,21). The van der Waals surface area contributed by atoms with Crippen LogP contribution >= 0.6 is 0 Å². The lowest BCUT2D eigenvalue weighted by atomic mass is 10.1. The minimum absolute atomic E-state index is 0.0163. The number of nitrogens with one attached hydrogen (secondary N) is 2.